The van der Waals surface area contributed by atoms with Crippen LogP contribution in [0.2, 0.25) is 0 Å². The molecule has 9 aromatic carbocycles. The number of carbonyl (C=O) groups is 3. The molecule has 0 heterocycles. The second-order valence-corrected chi connectivity index (χ2v) is 32.1. The summed E-state index contributed by atoms with van der Waals surface area (Å²) >= 11 is 6.13. The van der Waals surface area contributed by atoms with E-state index in [9.17, 15) is 28.1 Å². The van der Waals surface area contributed by atoms with E-state index in [1.165, 1.54) is 0 Å². The van der Waals surface area contributed by atoms with Crippen LogP contribution in [-0.4, -0.2) is 106 Å². The molecule has 99 heavy (non-hydrogen) atoms. The fourth-order valence-electron chi connectivity index (χ4n) is 12.1. The SMILES string of the molecule is Cc1cc(C)c(C(=O)P(=O)(c2ccccc2)c2ccccc2)c(C)c1CCl.Cc1cc(C)c(C(=O)P(=O)(c2ccccc2)c2ccccc2)c(C)c1COCCOCCOCCOCc1c(C)cc(C)c(C(=O)P(=O)(c2ccccc2)c2ccccc2)c1C.OCCOCCOCCO. The summed E-state index contributed by atoms with van der Waals surface area (Å²) in [6.07, 6.45) is 0. The summed E-state index contributed by atoms with van der Waals surface area (Å²) in [5.41, 5.74) is 10.9. The molecule has 0 unspecified atom stereocenters. The molecule has 9 rings (SSSR count). The zero-order valence-electron chi connectivity index (χ0n) is 58.2. The molecule has 9 aromatic rings. The lowest BCUT2D eigenvalue weighted by Gasteiger charge is -2.22. The third kappa shape index (κ3) is 19.6. The molecule has 0 aliphatic rings. The zero-order valence-corrected chi connectivity index (χ0v) is 61.6. The Morgan fingerprint density at radius 2 is 0.505 bits per heavy atom. The van der Waals surface area contributed by atoms with Gasteiger partial charge in [-0.05, 0) is 129 Å². The van der Waals surface area contributed by atoms with Crippen LogP contribution in [0.3, 0.4) is 0 Å². The number of hydrogen-bond donors (Lipinski definition) is 2. The molecule has 0 bridgehead atoms. The number of aliphatic hydroxyl groups excluding tert-OH is 2. The second kappa shape index (κ2) is 39.0. The molecule has 14 nitrogen and oxygen atoms in total. The number of ether oxygens (including phenoxy) is 6. The Balaban J connectivity index is 0.000000304. The standard InChI is InChI=1S/C52H56O8P2.C23H22ClO2P.C6H14O4/c1-37-33-39(3)49(51(53)61(55,43-19-11-7-12-20-43)44-21-13-8-14-22-44)41(5)47(37)35-59-31-29-57-27-28-58-30-32-60-36-48-38(2)34-40(4)50(42(48)6)52(54)62(56,45-23-15-9-16-24-45)46-25-17-10-18-26-46;1-16-14-17(2)22(18(3)21(16)15-24)23(25)27(26,19-10-6-4-7-11-19)20-12-8-5-9-13-20;7-1-3-9-5-6-10-4-2-8/h7-26,33-34H,27-32,35-36H2,1-6H3;4-14H,15H2,1-3H3;7-8H,1-6H2. The molecule has 522 valence electrons. The maximum absolute atomic E-state index is 14.9. The monoisotopic (exact) mass is 1420 g/mol. The Kier molecular flexibility index (Phi) is 31.1. The van der Waals surface area contributed by atoms with Crippen molar-refractivity contribution in [3.63, 3.8) is 0 Å². The van der Waals surface area contributed by atoms with E-state index in [4.69, 9.17) is 50.2 Å². The molecule has 0 aliphatic carbocycles. The highest BCUT2D eigenvalue weighted by Gasteiger charge is 2.41. The summed E-state index contributed by atoms with van der Waals surface area (Å²) in [6, 6.07) is 60.0. The largest absolute Gasteiger partial charge is 0.394 e. The predicted octanol–water partition coefficient (Wildman–Crippen LogP) is 14.1. The van der Waals surface area contributed by atoms with E-state index in [1.807, 2.05) is 190 Å². The fraction of sp³-hybridized carbons (Fsp3) is 0.296. The number of halogens is 1. The van der Waals surface area contributed by atoms with Gasteiger partial charge >= 0.3 is 0 Å². The highest BCUT2D eigenvalue weighted by molar-refractivity contribution is 7.94. The first kappa shape index (κ1) is 79.0. The minimum absolute atomic E-state index is 0.0417. The number of hydrogen-bond acceptors (Lipinski definition) is 14. The molecular formula is C81H92ClO14P3. The highest BCUT2D eigenvalue weighted by Crippen LogP contribution is 2.51. The van der Waals surface area contributed by atoms with Crippen molar-refractivity contribution in [2.45, 2.75) is 81.4 Å². The van der Waals surface area contributed by atoms with Gasteiger partial charge in [0.15, 0.2) is 0 Å². The van der Waals surface area contributed by atoms with E-state index in [-0.39, 0.29) is 43.0 Å². The van der Waals surface area contributed by atoms with Crippen molar-refractivity contribution in [1.29, 1.82) is 0 Å². The van der Waals surface area contributed by atoms with Crippen LogP contribution >= 0.6 is 33.0 Å². The van der Waals surface area contributed by atoms with Crippen LogP contribution in [-0.2, 0) is 61.2 Å². The van der Waals surface area contributed by atoms with Crippen LogP contribution in [0.4, 0.5) is 0 Å². The van der Waals surface area contributed by atoms with E-state index in [0.29, 0.717) is 120 Å². The van der Waals surface area contributed by atoms with E-state index < -0.39 is 21.4 Å². The Morgan fingerprint density at radius 1 is 0.303 bits per heavy atom. The van der Waals surface area contributed by atoms with Crippen LogP contribution in [0.5, 0.6) is 0 Å². The van der Waals surface area contributed by atoms with E-state index in [0.717, 1.165) is 66.8 Å². The minimum Gasteiger partial charge on any atom is -0.394 e. The number of alkyl halides is 1. The van der Waals surface area contributed by atoms with Crippen LogP contribution in [0.25, 0.3) is 0 Å². The van der Waals surface area contributed by atoms with Crippen LogP contribution in [0.1, 0.15) is 97.8 Å². The molecule has 0 aliphatic heterocycles. The number of aliphatic hydroxyl groups is 2. The number of aryl methyl sites for hydroxylation is 6. The molecule has 0 saturated carbocycles. The summed E-state index contributed by atoms with van der Waals surface area (Å²) in [6.45, 7) is 21.8. The van der Waals surface area contributed by atoms with Gasteiger partial charge in [0, 0.05) is 54.4 Å². The van der Waals surface area contributed by atoms with E-state index in [1.54, 1.807) is 72.8 Å². The molecule has 0 saturated heterocycles. The smallest absolute Gasteiger partial charge is 0.230 e. The predicted molar refractivity (Wildman–Crippen MR) is 401 cm³/mol. The van der Waals surface area contributed by atoms with Crippen molar-refractivity contribution in [3.8, 4) is 0 Å². The summed E-state index contributed by atoms with van der Waals surface area (Å²) in [4.78, 5) is 42.6. The van der Waals surface area contributed by atoms with Crippen molar-refractivity contribution in [1.82, 2.24) is 0 Å². The summed E-state index contributed by atoms with van der Waals surface area (Å²) in [5, 5.41) is 19.7. The quantitative estimate of drug-likeness (QED) is 0.0224. The molecule has 0 amide bonds. The van der Waals surface area contributed by atoms with Gasteiger partial charge in [-0.2, -0.15) is 0 Å². The zero-order chi connectivity index (χ0) is 71.5. The maximum atomic E-state index is 14.9. The molecule has 2 N–H and O–H groups in total. The van der Waals surface area contributed by atoms with Gasteiger partial charge in [-0.15, -0.1) is 11.6 Å². The number of carbonyl (C=O) groups excluding carboxylic acids is 3. The lowest BCUT2D eigenvalue weighted by Crippen LogP contribution is -2.24. The van der Waals surface area contributed by atoms with Gasteiger partial charge in [0.25, 0.3) is 0 Å². The van der Waals surface area contributed by atoms with Gasteiger partial charge in [0.1, 0.15) is 0 Å². The lowest BCUT2D eigenvalue weighted by atomic mass is 9.94. The molecule has 0 radical (unpaired) electrons. The van der Waals surface area contributed by atoms with Gasteiger partial charge in [0.05, 0.1) is 92.5 Å². The second-order valence-electron chi connectivity index (χ2n) is 23.9. The average molecular weight is 1420 g/mol. The Bertz CT molecular complexity index is 3930. The van der Waals surface area contributed by atoms with Crippen molar-refractivity contribution >= 4 is 81.4 Å². The molecular weight excluding hydrogens is 1330 g/mol. The first-order valence-corrected chi connectivity index (χ1v) is 38.7. The fourth-order valence-corrected chi connectivity index (χ4v) is 20.4. The third-order valence-corrected chi connectivity index (χ3v) is 26.0. The third-order valence-electron chi connectivity index (χ3n) is 17.2. The average Bonchev–Trinajstić information content (AvgIpc) is 0.765. The molecule has 0 fully saturated rings. The van der Waals surface area contributed by atoms with Gasteiger partial charge in [-0.1, -0.05) is 200 Å². The maximum Gasteiger partial charge on any atom is 0.230 e. The van der Waals surface area contributed by atoms with Gasteiger partial charge in [-0.3, -0.25) is 14.4 Å². The molecule has 0 atom stereocenters. The summed E-state index contributed by atoms with van der Waals surface area (Å²) in [7, 11) is -10.9. The number of rotatable bonds is 33. The topological polar surface area (TPSA) is 198 Å². The Morgan fingerprint density at radius 3 is 0.727 bits per heavy atom. The van der Waals surface area contributed by atoms with Crippen molar-refractivity contribution in [3.05, 3.63) is 284 Å². The van der Waals surface area contributed by atoms with Gasteiger partial charge < -0.3 is 52.3 Å². The highest BCUT2D eigenvalue weighted by atomic mass is 35.5. The molecule has 0 spiro atoms. The van der Waals surface area contributed by atoms with E-state index >= 15 is 0 Å². The molecule has 0 aromatic heterocycles. The normalized spacial score (nSPS) is 11.5. The van der Waals surface area contributed by atoms with Gasteiger partial charge in [-0.25, -0.2) is 0 Å². The first-order valence-electron chi connectivity index (χ1n) is 33.0. The van der Waals surface area contributed by atoms with Gasteiger partial charge in [0.2, 0.25) is 38.0 Å². The summed E-state index contributed by atoms with van der Waals surface area (Å²) in [5.74, 6) is 0.319. The lowest BCUT2D eigenvalue weighted by molar-refractivity contribution is -0.00636. The Hall–Kier alpha value is -7.35. The Labute approximate surface area is 589 Å². The molecule has 18 heteroatoms. The first-order chi connectivity index (χ1) is 47.7. The van der Waals surface area contributed by atoms with Crippen molar-refractivity contribution in [2.24, 2.45) is 0 Å². The summed E-state index contributed by atoms with van der Waals surface area (Å²) < 4.78 is 77.4. The van der Waals surface area contributed by atoms with Crippen molar-refractivity contribution < 1.29 is 66.7 Å². The van der Waals surface area contributed by atoms with Crippen LogP contribution in [0.15, 0.2) is 200 Å². The van der Waals surface area contributed by atoms with Crippen LogP contribution < -0.4 is 31.8 Å². The van der Waals surface area contributed by atoms with Crippen molar-refractivity contribution in [2.75, 3.05) is 79.3 Å². The minimum atomic E-state index is -3.67. The van der Waals surface area contributed by atoms with E-state index in [2.05, 4.69) is 0 Å². The number of benzene rings is 9. The van der Waals surface area contributed by atoms with Crippen LogP contribution in [0, 0.1) is 62.3 Å².